The number of nitrogens with zero attached hydrogens (tertiary/aromatic N) is 2. The summed E-state index contributed by atoms with van der Waals surface area (Å²) in [6, 6.07) is 10.0. The summed E-state index contributed by atoms with van der Waals surface area (Å²) in [6.45, 7) is 2.63. The van der Waals surface area contributed by atoms with Gasteiger partial charge >= 0.3 is 0 Å². The molecule has 166 valence electrons. The summed E-state index contributed by atoms with van der Waals surface area (Å²) in [5.41, 5.74) is -0.0384. The number of carbonyl (C=O) groups excluding carboxylic acids is 3. The molecule has 3 saturated heterocycles. The minimum absolute atomic E-state index is 0.0335. The molecule has 4 fully saturated rings. The van der Waals surface area contributed by atoms with E-state index >= 15 is 0 Å². The number of fused-ring (bicyclic) bond motifs is 1. The molecule has 31 heavy (non-hydrogen) atoms. The summed E-state index contributed by atoms with van der Waals surface area (Å²) in [5, 5.41) is 3.11. The monoisotopic (exact) mass is 423 g/mol. The van der Waals surface area contributed by atoms with E-state index in [4.69, 9.17) is 0 Å². The molecule has 0 aromatic heterocycles. The van der Waals surface area contributed by atoms with Crippen molar-refractivity contribution in [1.29, 1.82) is 0 Å². The van der Waals surface area contributed by atoms with Crippen LogP contribution in [-0.4, -0.2) is 59.7 Å². The first-order valence-electron chi connectivity index (χ1n) is 12.0. The normalized spacial score (nSPS) is 30.1. The second kappa shape index (κ2) is 7.95. The van der Waals surface area contributed by atoms with E-state index in [1.807, 2.05) is 28.0 Å². The van der Waals surface area contributed by atoms with Crippen LogP contribution < -0.4 is 5.32 Å². The second-order valence-electron chi connectivity index (χ2n) is 9.95. The number of piperidine rings is 2. The fourth-order valence-electron chi connectivity index (χ4n) is 6.55. The maximum atomic E-state index is 14.1. The van der Waals surface area contributed by atoms with Gasteiger partial charge in [-0.15, -0.1) is 0 Å². The van der Waals surface area contributed by atoms with Crippen LogP contribution in [0.1, 0.15) is 63.4 Å². The maximum Gasteiger partial charge on any atom is 0.233 e. The van der Waals surface area contributed by atoms with Crippen LogP contribution in [0.15, 0.2) is 30.3 Å². The van der Waals surface area contributed by atoms with Gasteiger partial charge in [-0.05, 0) is 44.1 Å². The maximum absolute atomic E-state index is 14.1. The standard InChI is InChI=1S/C25H33N3O3/c29-21-10-14-25(23(31)27-15-6-7-16-27)18-28(17-11-20(25)26-21)22(30)24(12-4-5-13-24)19-8-2-1-3-9-19/h1-3,8-9,20H,4-7,10-18H2,(H,26,29)/t20-,25+/m1/s1. The van der Waals surface area contributed by atoms with Crippen molar-refractivity contribution in [2.45, 2.75) is 69.2 Å². The van der Waals surface area contributed by atoms with Gasteiger partial charge in [0.15, 0.2) is 0 Å². The lowest BCUT2D eigenvalue weighted by molar-refractivity contribution is -0.157. The third kappa shape index (κ3) is 3.35. The Morgan fingerprint density at radius 3 is 2.29 bits per heavy atom. The zero-order valence-electron chi connectivity index (χ0n) is 18.3. The fourth-order valence-corrected chi connectivity index (χ4v) is 6.55. The van der Waals surface area contributed by atoms with E-state index in [0.29, 0.717) is 32.4 Å². The van der Waals surface area contributed by atoms with Crippen LogP contribution in [0.2, 0.25) is 0 Å². The molecule has 2 atom stereocenters. The predicted molar refractivity (Wildman–Crippen MR) is 117 cm³/mol. The van der Waals surface area contributed by atoms with Crippen LogP contribution in [0.4, 0.5) is 0 Å². The minimum Gasteiger partial charge on any atom is -0.352 e. The van der Waals surface area contributed by atoms with E-state index in [9.17, 15) is 14.4 Å². The van der Waals surface area contributed by atoms with Gasteiger partial charge in [0.25, 0.3) is 0 Å². The highest BCUT2D eigenvalue weighted by molar-refractivity contribution is 5.92. The van der Waals surface area contributed by atoms with Crippen molar-refractivity contribution in [2.75, 3.05) is 26.2 Å². The first-order chi connectivity index (χ1) is 15.1. The van der Waals surface area contributed by atoms with Gasteiger partial charge in [0.2, 0.25) is 17.7 Å². The third-order valence-corrected chi connectivity index (χ3v) is 8.26. The summed E-state index contributed by atoms with van der Waals surface area (Å²) >= 11 is 0. The number of likely N-dealkylation sites (tertiary alicyclic amines) is 2. The molecule has 0 spiro atoms. The van der Waals surface area contributed by atoms with Crippen LogP contribution in [0.25, 0.3) is 0 Å². The second-order valence-corrected chi connectivity index (χ2v) is 9.95. The summed E-state index contributed by atoms with van der Waals surface area (Å²) < 4.78 is 0. The topological polar surface area (TPSA) is 69.7 Å². The van der Waals surface area contributed by atoms with Crippen LogP contribution in [0, 0.1) is 5.41 Å². The summed E-state index contributed by atoms with van der Waals surface area (Å²) in [4.78, 5) is 43.9. The first-order valence-corrected chi connectivity index (χ1v) is 12.0. The molecule has 1 N–H and O–H groups in total. The minimum atomic E-state index is -0.678. The Morgan fingerprint density at radius 1 is 0.871 bits per heavy atom. The Morgan fingerprint density at radius 2 is 1.58 bits per heavy atom. The molecule has 0 radical (unpaired) electrons. The van der Waals surface area contributed by atoms with E-state index in [-0.39, 0.29) is 23.8 Å². The van der Waals surface area contributed by atoms with Crippen molar-refractivity contribution < 1.29 is 14.4 Å². The highest BCUT2D eigenvalue weighted by atomic mass is 16.2. The van der Waals surface area contributed by atoms with Gasteiger partial charge in [0, 0.05) is 38.6 Å². The number of amides is 3. The van der Waals surface area contributed by atoms with Gasteiger partial charge in [-0.3, -0.25) is 14.4 Å². The SMILES string of the molecule is O=C1CC[C@]2(C(=O)N3CCCC3)CN(C(=O)C3(c4ccccc4)CCCC3)CC[C@H]2N1. The Bertz CT molecular complexity index is 858. The van der Waals surface area contributed by atoms with Gasteiger partial charge in [-0.2, -0.15) is 0 Å². The van der Waals surface area contributed by atoms with Gasteiger partial charge in [-0.1, -0.05) is 43.2 Å². The average molecular weight is 424 g/mol. The quantitative estimate of drug-likeness (QED) is 0.813. The molecule has 1 aliphatic carbocycles. The highest BCUT2D eigenvalue weighted by Gasteiger charge is 2.56. The number of benzene rings is 1. The molecule has 3 heterocycles. The molecule has 3 amide bonds. The molecular formula is C25H33N3O3. The Balaban J connectivity index is 1.46. The average Bonchev–Trinajstić information content (AvgIpc) is 3.51. The zero-order chi connectivity index (χ0) is 21.5. The molecule has 4 aliphatic rings. The molecule has 6 nitrogen and oxygen atoms in total. The molecule has 5 rings (SSSR count). The van der Waals surface area contributed by atoms with Gasteiger partial charge in [-0.25, -0.2) is 0 Å². The van der Waals surface area contributed by atoms with Crippen LogP contribution in [0.5, 0.6) is 0 Å². The van der Waals surface area contributed by atoms with E-state index in [1.165, 1.54) is 0 Å². The number of carbonyl (C=O) groups is 3. The molecule has 1 aromatic rings. The van der Waals surface area contributed by atoms with Crippen molar-refractivity contribution in [3.05, 3.63) is 35.9 Å². The zero-order valence-corrected chi connectivity index (χ0v) is 18.3. The van der Waals surface area contributed by atoms with E-state index < -0.39 is 10.8 Å². The van der Waals surface area contributed by atoms with Crippen molar-refractivity contribution in [1.82, 2.24) is 15.1 Å². The summed E-state index contributed by atoms with van der Waals surface area (Å²) in [7, 11) is 0. The van der Waals surface area contributed by atoms with Gasteiger partial charge < -0.3 is 15.1 Å². The van der Waals surface area contributed by atoms with E-state index in [2.05, 4.69) is 17.4 Å². The first kappa shape index (κ1) is 20.5. The van der Waals surface area contributed by atoms with Crippen LogP contribution >= 0.6 is 0 Å². The van der Waals surface area contributed by atoms with Gasteiger partial charge in [0.05, 0.1) is 10.8 Å². The lowest BCUT2D eigenvalue weighted by Crippen LogP contribution is -2.68. The van der Waals surface area contributed by atoms with Crippen molar-refractivity contribution in [3.63, 3.8) is 0 Å². The molecule has 0 bridgehead atoms. The molecule has 6 heteroatoms. The van der Waals surface area contributed by atoms with Crippen molar-refractivity contribution >= 4 is 17.7 Å². The van der Waals surface area contributed by atoms with Crippen molar-refractivity contribution in [3.8, 4) is 0 Å². The molecule has 1 aromatic carbocycles. The lowest BCUT2D eigenvalue weighted by Gasteiger charge is -2.52. The largest absolute Gasteiger partial charge is 0.352 e. The predicted octanol–water partition coefficient (Wildman–Crippen LogP) is 2.62. The number of hydrogen-bond donors (Lipinski definition) is 1. The Kier molecular flexibility index (Phi) is 5.27. The Hall–Kier alpha value is -2.37. The molecule has 0 unspecified atom stereocenters. The van der Waals surface area contributed by atoms with Crippen molar-refractivity contribution in [2.24, 2.45) is 5.41 Å². The molecular weight excluding hydrogens is 390 g/mol. The lowest BCUT2D eigenvalue weighted by atomic mass is 9.68. The van der Waals surface area contributed by atoms with Crippen LogP contribution in [0.3, 0.4) is 0 Å². The summed E-state index contributed by atoms with van der Waals surface area (Å²) in [5.74, 6) is 0.360. The van der Waals surface area contributed by atoms with E-state index in [1.54, 1.807) is 0 Å². The number of rotatable bonds is 3. The third-order valence-electron chi connectivity index (χ3n) is 8.26. The van der Waals surface area contributed by atoms with Gasteiger partial charge in [0.1, 0.15) is 0 Å². The smallest absolute Gasteiger partial charge is 0.233 e. The number of hydrogen-bond acceptors (Lipinski definition) is 3. The fraction of sp³-hybridized carbons (Fsp3) is 0.640. The summed E-state index contributed by atoms with van der Waals surface area (Å²) in [6.07, 6.45) is 7.51. The van der Waals surface area contributed by atoms with Crippen LogP contribution in [-0.2, 0) is 19.8 Å². The van der Waals surface area contributed by atoms with E-state index in [0.717, 1.165) is 57.2 Å². The Labute approximate surface area is 184 Å². The molecule has 1 saturated carbocycles. The molecule has 3 aliphatic heterocycles. The number of nitrogens with one attached hydrogen (secondary N) is 1. The highest BCUT2D eigenvalue weighted by Crippen LogP contribution is 2.46.